The summed E-state index contributed by atoms with van der Waals surface area (Å²) in [7, 11) is 0. The van der Waals surface area contributed by atoms with Crippen LogP contribution in [-0.2, 0) is 4.74 Å². The highest BCUT2D eigenvalue weighted by Crippen LogP contribution is 2.21. The molecule has 90 valence electrons. The normalized spacial score (nSPS) is 10.7. The van der Waals surface area contributed by atoms with Gasteiger partial charge in [0.1, 0.15) is 0 Å². The number of aryl methyl sites for hydroxylation is 1. The Morgan fingerprint density at radius 1 is 1.18 bits per heavy atom. The van der Waals surface area contributed by atoms with Crippen LogP contribution in [0.2, 0.25) is 0 Å². The van der Waals surface area contributed by atoms with Crippen molar-refractivity contribution in [1.82, 2.24) is 10.2 Å². The Hall–Kier alpha value is -1.68. The summed E-state index contributed by atoms with van der Waals surface area (Å²) in [6, 6.07) is 8.14. The van der Waals surface area contributed by atoms with Crippen LogP contribution in [0.5, 0.6) is 0 Å². The molecule has 0 saturated heterocycles. The van der Waals surface area contributed by atoms with E-state index in [1.807, 2.05) is 26.0 Å². The molecule has 0 saturated carbocycles. The van der Waals surface area contributed by atoms with E-state index in [-0.39, 0.29) is 0 Å². The first-order chi connectivity index (χ1) is 8.33. The van der Waals surface area contributed by atoms with Gasteiger partial charge >= 0.3 is 0 Å². The predicted molar refractivity (Wildman–Crippen MR) is 69.3 cm³/mol. The van der Waals surface area contributed by atoms with E-state index in [0.29, 0.717) is 6.61 Å². The molecule has 0 bridgehead atoms. The maximum atomic E-state index is 5.28. The molecule has 0 radical (unpaired) electrons. The number of aromatic nitrogens is 2. The lowest BCUT2D eigenvalue weighted by Gasteiger charge is -2.09. The lowest BCUT2D eigenvalue weighted by Crippen LogP contribution is -2.11. The second-order valence-corrected chi connectivity index (χ2v) is 3.80. The molecule has 0 spiro atoms. The Morgan fingerprint density at radius 3 is 2.71 bits per heavy atom. The number of benzene rings is 1. The molecular formula is C13H17N3O. The first-order valence-corrected chi connectivity index (χ1v) is 5.86. The minimum atomic E-state index is 0.681. The SMILES string of the molecule is CCOCCNc1nnc(C)c2ccccc12. The van der Waals surface area contributed by atoms with Crippen molar-refractivity contribution in [3.63, 3.8) is 0 Å². The zero-order valence-electron chi connectivity index (χ0n) is 10.2. The molecule has 2 rings (SSSR count). The van der Waals surface area contributed by atoms with E-state index < -0.39 is 0 Å². The Balaban J connectivity index is 2.20. The van der Waals surface area contributed by atoms with Gasteiger partial charge in [-0.25, -0.2) is 0 Å². The fraction of sp³-hybridized carbons (Fsp3) is 0.385. The molecule has 1 aromatic heterocycles. The second-order valence-electron chi connectivity index (χ2n) is 3.80. The van der Waals surface area contributed by atoms with E-state index in [4.69, 9.17) is 4.74 Å². The van der Waals surface area contributed by atoms with Gasteiger partial charge in [-0.15, -0.1) is 5.10 Å². The maximum absolute atomic E-state index is 5.28. The van der Waals surface area contributed by atoms with Gasteiger partial charge in [0.2, 0.25) is 0 Å². The van der Waals surface area contributed by atoms with E-state index in [9.17, 15) is 0 Å². The van der Waals surface area contributed by atoms with Gasteiger partial charge in [-0.3, -0.25) is 0 Å². The van der Waals surface area contributed by atoms with Crippen molar-refractivity contribution in [2.75, 3.05) is 25.1 Å². The first kappa shape index (κ1) is 11.8. The minimum Gasteiger partial charge on any atom is -0.380 e. The second kappa shape index (κ2) is 5.59. The van der Waals surface area contributed by atoms with Crippen LogP contribution in [0, 0.1) is 6.92 Å². The minimum absolute atomic E-state index is 0.681. The van der Waals surface area contributed by atoms with E-state index in [1.54, 1.807) is 0 Å². The zero-order chi connectivity index (χ0) is 12.1. The molecule has 2 aromatic rings. The van der Waals surface area contributed by atoms with Crippen molar-refractivity contribution in [2.24, 2.45) is 0 Å². The molecular weight excluding hydrogens is 214 g/mol. The fourth-order valence-corrected chi connectivity index (χ4v) is 1.75. The van der Waals surface area contributed by atoms with E-state index in [1.165, 1.54) is 0 Å². The van der Waals surface area contributed by atoms with Crippen molar-refractivity contribution in [3.05, 3.63) is 30.0 Å². The molecule has 0 atom stereocenters. The summed E-state index contributed by atoms with van der Waals surface area (Å²) >= 11 is 0. The maximum Gasteiger partial charge on any atom is 0.156 e. The van der Waals surface area contributed by atoms with Gasteiger partial charge in [0.15, 0.2) is 5.82 Å². The van der Waals surface area contributed by atoms with Gasteiger partial charge in [0, 0.05) is 23.9 Å². The molecule has 0 aliphatic rings. The van der Waals surface area contributed by atoms with E-state index in [0.717, 1.165) is 35.4 Å². The Kier molecular flexibility index (Phi) is 3.88. The average molecular weight is 231 g/mol. The molecule has 4 heteroatoms. The predicted octanol–water partition coefficient (Wildman–Crippen LogP) is 2.39. The van der Waals surface area contributed by atoms with Gasteiger partial charge in [-0.2, -0.15) is 5.10 Å². The largest absolute Gasteiger partial charge is 0.380 e. The third-order valence-corrected chi connectivity index (χ3v) is 2.61. The Morgan fingerprint density at radius 2 is 1.94 bits per heavy atom. The molecule has 4 nitrogen and oxygen atoms in total. The van der Waals surface area contributed by atoms with Gasteiger partial charge in [0.25, 0.3) is 0 Å². The molecule has 0 amide bonds. The van der Waals surface area contributed by atoms with Gasteiger partial charge in [-0.05, 0) is 13.8 Å². The molecule has 0 aliphatic heterocycles. The van der Waals surface area contributed by atoms with Gasteiger partial charge in [-0.1, -0.05) is 24.3 Å². The van der Waals surface area contributed by atoms with Crippen molar-refractivity contribution in [2.45, 2.75) is 13.8 Å². The number of nitrogens with zero attached hydrogens (tertiary/aromatic N) is 2. The highest BCUT2D eigenvalue weighted by Gasteiger charge is 2.04. The standard InChI is InChI=1S/C13H17N3O/c1-3-17-9-8-14-13-12-7-5-4-6-11(12)10(2)15-16-13/h4-7H,3,8-9H2,1-2H3,(H,14,16). The van der Waals surface area contributed by atoms with E-state index in [2.05, 4.69) is 27.6 Å². The summed E-state index contributed by atoms with van der Waals surface area (Å²) in [4.78, 5) is 0. The smallest absolute Gasteiger partial charge is 0.156 e. The number of ether oxygens (including phenoxy) is 1. The molecule has 0 aliphatic carbocycles. The van der Waals surface area contributed by atoms with E-state index >= 15 is 0 Å². The highest BCUT2D eigenvalue weighted by molar-refractivity contribution is 5.92. The summed E-state index contributed by atoms with van der Waals surface area (Å²) in [6.07, 6.45) is 0. The zero-order valence-corrected chi connectivity index (χ0v) is 10.2. The van der Waals surface area contributed by atoms with Crippen molar-refractivity contribution >= 4 is 16.6 Å². The first-order valence-electron chi connectivity index (χ1n) is 5.86. The van der Waals surface area contributed by atoms with Crippen molar-refractivity contribution < 1.29 is 4.74 Å². The third-order valence-electron chi connectivity index (χ3n) is 2.61. The van der Waals surface area contributed by atoms with Crippen LogP contribution in [0.3, 0.4) is 0 Å². The summed E-state index contributed by atoms with van der Waals surface area (Å²) in [5, 5.41) is 13.8. The lowest BCUT2D eigenvalue weighted by molar-refractivity contribution is 0.158. The summed E-state index contributed by atoms with van der Waals surface area (Å²) in [5.41, 5.74) is 0.955. The van der Waals surface area contributed by atoms with Crippen LogP contribution in [0.1, 0.15) is 12.6 Å². The van der Waals surface area contributed by atoms with Crippen LogP contribution in [0.15, 0.2) is 24.3 Å². The van der Waals surface area contributed by atoms with Gasteiger partial charge in [0.05, 0.1) is 12.3 Å². The Labute approximate surface area is 101 Å². The van der Waals surface area contributed by atoms with Crippen LogP contribution in [0.25, 0.3) is 10.8 Å². The number of rotatable bonds is 5. The summed E-state index contributed by atoms with van der Waals surface area (Å²) < 4.78 is 5.28. The van der Waals surface area contributed by atoms with Crippen molar-refractivity contribution in [1.29, 1.82) is 0 Å². The lowest BCUT2D eigenvalue weighted by atomic mass is 10.1. The molecule has 0 fully saturated rings. The number of anilines is 1. The van der Waals surface area contributed by atoms with Crippen LogP contribution < -0.4 is 5.32 Å². The third kappa shape index (κ3) is 2.71. The number of fused-ring (bicyclic) bond motifs is 1. The molecule has 17 heavy (non-hydrogen) atoms. The molecule has 1 heterocycles. The van der Waals surface area contributed by atoms with Crippen LogP contribution in [-0.4, -0.2) is 30.0 Å². The average Bonchev–Trinajstić information content (AvgIpc) is 2.37. The monoisotopic (exact) mass is 231 g/mol. The topological polar surface area (TPSA) is 47.0 Å². The quantitative estimate of drug-likeness (QED) is 0.803. The number of nitrogens with one attached hydrogen (secondary N) is 1. The fourth-order valence-electron chi connectivity index (χ4n) is 1.75. The molecule has 1 N–H and O–H groups in total. The van der Waals surface area contributed by atoms with Crippen LogP contribution >= 0.6 is 0 Å². The van der Waals surface area contributed by atoms with Gasteiger partial charge < -0.3 is 10.1 Å². The van der Waals surface area contributed by atoms with Crippen molar-refractivity contribution in [3.8, 4) is 0 Å². The molecule has 1 aromatic carbocycles. The number of hydrogen-bond donors (Lipinski definition) is 1. The number of hydrogen-bond acceptors (Lipinski definition) is 4. The van der Waals surface area contributed by atoms with Crippen LogP contribution in [0.4, 0.5) is 5.82 Å². The highest BCUT2D eigenvalue weighted by atomic mass is 16.5. The Bertz CT molecular complexity index is 499. The summed E-state index contributed by atoms with van der Waals surface area (Å²) in [5.74, 6) is 0.825. The molecule has 0 unspecified atom stereocenters. The summed E-state index contributed by atoms with van der Waals surface area (Å²) in [6.45, 7) is 6.12.